The molecule has 0 bridgehead atoms. The number of rotatable bonds is 1. The molecule has 2 rings (SSSR count). The number of aliphatic carboxylic acids is 1. The second kappa shape index (κ2) is 5.16. The lowest BCUT2D eigenvalue weighted by Gasteiger charge is -2.30. The van der Waals surface area contributed by atoms with Gasteiger partial charge in [0.05, 0.1) is 5.92 Å². The molecule has 0 saturated carbocycles. The van der Waals surface area contributed by atoms with Crippen LogP contribution in [0.5, 0.6) is 0 Å². The molecule has 0 spiro atoms. The van der Waals surface area contributed by atoms with Crippen molar-refractivity contribution in [3.8, 4) is 0 Å². The molecule has 5 nitrogen and oxygen atoms in total. The van der Waals surface area contributed by atoms with Gasteiger partial charge in [0, 0.05) is 37.7 Å². The molecular formula is C11H18N2O3S. The number of carboxylic acid groups (broad SMARTS) is 1. The molecule has 1 N–H and O–H groups in total. The first kappa shape index (κ1) is 12.5. The quantitative estimate of drug-likeness (QED) is 0.756. The zero-order chi connectivity index (χ0) is 12.4. The van der Waals surface area contributed by atoms with Crippen molar-refractivity contribution in [2.45, 2.75) is 6.92 Å². The van der Waals surface area contributed by atoms with Crippen LogP contribution in [0.3, 0.4) is 0 Å². The summed E-state index contributed by atoms with van der Waals surface area (Å²) in [6.45, 7) is 4.40. The average molecular weight is 258 g/mol. The summed E-state index contributed by atoms with van der Waals surface area (Å²) in [4.78, 5) is 26.7. The van der Waals surface area contributed by atoms with E-state index in [1.54, 1.807) is 4.90 Å². The van der Waals surface area contributed by atoms with E-state index < -0.39 is 11.9 Å². The molecule has 6 heteroatoms. The van der Waals surface area contributed by atoms with E-state index in [4.69, 9.17) is 5.11 Å². The number of urea groups is 1. The second-order valence-electron chi connectivity index (χ2n) is 4.71. The van der Waals surface area contributed by atoms with Crippen LogP contribution in [-0.4, -0.2) is 64.6 Å². The number of likely N-dealkylation sites (tertiary alicyclic amines) is 1. The first-order valence-corrected chi connectivity index (χ1v) is 7.09. The smallest absolute Gasteiger partial charge is 0.320 e. The van der Waals surface area contributed by atoms with Gasteiger partial charge in [0.15, 0.2) is 0 Å². The highest BCUT2D eigenvalue weighted by Crippen LogP contribution is 2.24. The maximum atomic E-state index is 12.2. The predicted octanol–water partition coefficient (Wildman–Crippen LogP) is 0.808. The van der Waals surface area contributed by atoms with Crippen LogP contribution < -0.4 is 0 Å². The Balaban J connectivity index is 1.94. The van der Waals surface area contributed by atoms with Crippen molar-refractivity contribution >= 4 is 23.8 Å². The van der Waals surface area contributed by atoms with Crippen molar-refractivity contribution in [3.05, 3.63) is 0 Å². The number of amides is 2. The topological polar surface area (TPSA) is 60.9 Å². The molecule has 96 valence electrons. The number of hydrogen-bond acceptors (Lipinski definition) is 3. The Morgan fingerprint density at radius 3 is 2.35 bits per heavy atom. The molecule has 2 aliphatic rings. The highest BCUT2D eigenvalue weighted by Gasteiger charge is 2.38. The minimum atomic E-state index is -0.790. The molecule has 0 aromatic heterocycles. The van der Waals surface area contributed by atoms with Crippen LogP contribution in [0.1, 0.15) is 6.92 Å². The Hall–Kier alpha value is -0.910. The molecule has 2 amide bonds. The Labute approximate surface area is 105 Å². The minimum absolute atomic E-state index is 0.0147. The lowest BCUT2D eigenvalue weighted by Crippen LogP contribution is -2.46. The third kappa shape index (κ3) is 2.68. The number of carbonyl (C=O) groups excluding carboxylic acids is 1. The van der Waals surface area contributed by atoms with E-state index >= 15 is 0 Å². The molecule has 2 unspecified atom stereocenters. The summed E-state index contributed by atoms with van der Waals surface area (Å²) in [7, 11) is 0. The van der Waals surface area contributed by atoms with Crippen molar-refractivity contribution < 1.29 is 14.7 Å². The number of thioether (sulfide) groups is 1. The van der Waals surface area contributed by atoms with Crippen molar-refractivity contribution in [2.24, 2.45) is 11.8 Å². The van der Waals surface area contributed by atoms with E-state index in [2.05, 4.69) is 0 Å². The summed E-state index contributed by atoms with van der Waals surface area (Å²) >= 11 is 1.86. The fraction of sp³-hybridized carbons (Fsp3) is 0.818. The minimum Gasteiger partial charge on any atom is -0.481 e. The van der Waals surface area contributed by atoms with E-state index in [-0.39, 0.29) is 11.9 Å². The lowest BCUT2D eigenvalue weighted by atomic mass is 9.99. The summed E-state index contributed by atoms with van der Waals surface area (Å²) in [5, 5.41) is 9.04. The maximum absolute atomic E-state index is 12.2. The zero-order valence-corrected chi connectivity index (χ0v) is 10.8. The molecular weight excluding hydrogens is 240 g/mol. The van der Waals surface area contributed by atoms with Crippen LogP contribution >= 0.6 is 11.8 Å². The monoisotopic (exact) mass is 258 g/mol. The summed E-state index contributed by atoms with van der Waals surface area (Å²) in [6.07, 6.45) is 0. The fourth-order valence-electron chi connectivity index (χ4n) is 2.40. The van der Waals surface area contributed by atoms with Gasteiger partial charge in [0.25, 0.3) is 0 Å². The normalized spacial score (nSPS) is 29.5. The lowest BCUT2D eigenvalue weighted by molar-refractivity contribution is -0.142. The van der Waals surface area contributed by atoms with Crippen molar-refractivity contribution in [3.63, 3.8) is 0 Å². The van der Waals surface area contributed by atoms with E-state index in [1.807, 2.05) is 23.6 Å². The molecule has 2 heterocycles. The van der Waals surface area contributed by atoms with Crippen LogP contribution in [-0.2, 0) is 4.79 Å². The molecule has 2 fully saturated rings. The fourth-order valence-corrected chi connectivity index (χ4v) is 3.30. The molecule has 2 atom stereocenters. The van der Waals surface area contributed by atoms with E-state index in [9.17, 15) is 9.59 Å². The first-order valence-electron chi connectivity index (χ1n) is 5.94. The molecule has 17 heavy (non-hydrogen) atoms. The number of carbonyl (C=O) groups is 2. The van der Waals surface area contributed by atoms with Gasteiger partial charge < -0.3 is 14.9 Å². The van der Waals surface area contributed by atoms with Gasteiger partial charge in [0.2, 0.25) is 0 Å². The maximum Gasteiger partial charge on any atom is 0.320 e. The summed E-state index contributed by atoms with van der Waals surface area (Å²) in [5.41, 5.74) is 0. The molecule has 2 saturated heterocycles. The summed E-state index contributed by atoms with van der Waals surface area (Å²) in [6, 6.07) is 0.0147. The van der Waals surface area contributed by atoms with Gasteiger partial charge in [-0.25, -0.2) is 4.79 Å². The highest BCUT2D eigenvalue weighted by atomic mass is 32.2. The third-order valence-electron chi connectivity index (χ3n) is 3.48. The Morgan fingerprint density at radius 1 is 1.18 bits per heavy atom. The highest BCUT2D eigenvalue weighted by molar-refractivity contribution is 7.99. The molecule has 0 aromatic rings. The van der Waals surface area contributed by atoms with Gasteiger partial charge in [-0.15, -0.1) is 0 Å². The van der Waals surface area contributed by atoms with E-state index in [0.717, 1.165) is 24.6 Å². The van der Waals surface area contributed by atoms with E-state index in [1.165, 1.54) is 0 Å². The largest absolute Gasteiger partial charge is 0.481 e. The average Bonchev–Trinajstić information content (AvgIpc) is 2.71. The first-order chi connectivity index (χ1) is 8.09. The van der Waals surface area contributed by atoms with Gasteiger partial charge in [-0.05, 0) is 5.92 Å². The standard InChI is InChI=1S/C11H18N2O3S/c1-8-6-13(7-9(8)10(14)15)11(16)12-2-4-17-5-3-12/h8-9H,2-7H2,1H3,(H,14,15). The van der Waals surface area contributed by atoms with Gasteiger partial charge in [0.1, 0.15) is 0 Å². The van der Waals surface area contributed by atoms with Crippen molar-refractivity contribution in [2.75, 3.05) is 37.7 Å². The Morgan fingerprint density at radius 2 is 1.82 bits per heavy atom. The van der Waals surface area contributed by atoms with Crippen LogP contribution in [0.4, 0.5) is 4.79 Å². The van der Waals surface area contributed by atoms with Gasteiger partial charge in [-0.3, -0.25) is 4.79 Å². The molecule has 2 aliphatic heterocycles. The van der Waals surface area contributed by atoms with E-state index in [0.29, 0.717) is 13.1 Å². The zero-order valence-electron chi connectivity index (χ0n) is 9.96. The SMILES string of the molecule is CC1CN(C(=O)N2CCSCC2)CC1C(=O)O. The van der Waals surface area contributed by atoms with Crippen LogP contribution in [0.2, 0.25) is 0 Å². The van der Waals surface area contributed by atoms with Gasteiger partial charge in [-0.1, -0.05) is 6.92 Å². The third-order valence-corrected chi connectivity index (χ3v) is 4.42. The van der Waals surface area contributed by atoms with Crippen LogP contribution in [0.15, 0.2) is 0 Å². The summed E-state index contributed by atoms with van der Waals surface area (Å²) < 4.78 is 0. The second-order valence-corrected chi connectivity index (χ2v) is 5.93. The number of nitrogens with zero attached hydrogens (tertiary/aromatic N) is 2. The molecule has 0 aromatic carbocycles. The van der Waals surface area contributed by atoms with Crippen LogP contribution in [0, 0.1) is 11.8 Å². The van der Waals surface area contributed by atoms with Gasteiger partial charge in [-0.2, -0.15) is 11.8 Å². The van der Waals surface area contributed by atoms with Gasteiger partial charge >= 0.3 is 12.0 Å². The Bertz CT molecular complexity index is 318. The predicted molar refractivity (Wildman–Crippen MR) is 66.2 cm³/mol. The van der Waals surface area contributed by atoms with Crippen molar-refractivity contribution in [1.82, 2.24) is 9.80 Å². The van der Waals surface area contributed by atoms with Crippen LogP contribution in [0.25, 0.3) is 0 Å². The van der Waals surface area contributed by atoms with Crippen molar-refractivity contribution in [1.29, 1.82) is 0 Å². The Kier molecular flexibility index (Phi) is 3.81. The molecule has 0 aliphatic carbocycles. The summed E-state index contributed by atoms with van der Waals surface area (Å²) in [5.74, 6) is 0.824. The molecule has 0 radical (unpaired) electrons. The number of carboxylic acids is 1. The number of hydrogen-bond donors (Lipinski definition) is 1.